The molecule has 0 bridgehead atoms. The third-order valence-corrected chi connectivity index (χ3v) is 5.42. The maximum atomic E-state index is 12.8. The lowest BCUT2D eigenvalue weighted by Crippen LogP contribution is -2.50. The van der Waals surface area contributed by atoms with Gasteiger partial charge in [0.2, 0.25) is 0 Å². The van der Waals surface area contributed by atoms with E-state index in [0.717, 1.165) is 13.1 Å². The molecule has 0 saturated carbocycles. The first-order chi connectivity index (χ1) is 15.7. The molecule has 3 rings (SSSR count). The molecule has 0 aromatic heterocycles. The Morgan fingerprint density at radius 3 is 2.16 bits per heavy atom. The molecule has 2 N–H and O–H groups in total. The summed E-state index contributed by atoms with van der Waals surface area (Å²) < 4.78 is 5.16. The average molecular weight is 435 g/mol. The Balaban J connectivity index is 1.61. The van der Waals surface area contributed by atoms with E-state index in [1.165, 1.54) is 17.3 Å². The number of hydrogen-bond acceptors (Lipinski definition) is 6. The minimum Gasteiger partial charge on any atom is -0.394 e. The number of carbonyl (C=O) groups is 1. The Labute approximate surface area is 189 Å². The molecule has 7 heteroatoms. The molecule has 32 heavy (non-hydrogen) atoms. The van der Waals surface area contributed by atoms with Crippen LogP contribution in [0.4, 0.5) is 0 Å². The molecule has 1 heterocycles. The summed E-state index contributed by atoms with van der Waals surface area (Å²) in [6.45, 7) is 3.67. The van der Waals surface area contributed by atoms with Crippen LogP contribution in [0.1, 0.15) is 17.2 Å². The fraction of sp³-hybridized carbons (Fsp3) is 0.360. The molecule has 1 aliphatic heterocycles. The molecule has 0 atom stereocenters. The highest BCUT2D eigenvalue weighted by Gasteiger charge is 2.29. The summed E-state index contributed by atoms with van der Waals surface area (Å²) in [5, 5.41) is 21.1. The molecule has 2 aromatic rings. The molecular formula is C25H30N4O3. The van der Waals surface area contributed by atoms with Crippen molar-refractivity contribution in [3.63, 3.8) is 0 Å². The highest BCUT2D eigenvalue weighted by atomic mass is 16.5. The van der Waals surface area contributed by atoms with E-state index in [9.17, 15) is 10.1 Å². The standard InChI is InChI=1S/C25H30N4O3/c26-19-23(20-27-11-17-32-18-16-30)25(31)29-14-12-28(13-15-29)24(21-7-3-1-4-8-21)22-9-5-2-6-10-22/h1-10,20,24,27,30H,11-18H2/b23-20-. The van der Waals surface area contributed by atoms with Crippen LogP contribution >= 0.6 is 0 Å². The van der Waals surface area contributed by atoms with Crippen LogP contribution < -0.4 is 5.32 Å². The van der Waals surface area contributed by atoms with Crippen LogP contribution in [0.2, 0.25) is 0 Å². The number of aliphatic hydroxyl groups is 1. The summed E-state index contributed by atoms with van der Waals surface area (Å²) in [6, 6.07) is 22.9. The molecular weight excluding hydrogens is 404 g/mol. The van der Waals surface area contributed by atoms with E-state index in [-0.39, 0.29) is 30.7 Å². The summed E-state index contributed by atoms with van der Waals surface area (Å²) >= 11 is 0. The largest absolute Gasteiger partial charge is 0.394 e. The van der Waals surface area contributed by atoms with Crippen molar-refractivity contribution < 1.29 is 14.6 Å². The molecule has 0 radical (unpaired) electrons. The Morgan fingerprint density at radius 2 is 1.62 bits per heavy atom. The van der Waals surface area contributed by atoms with Gasteiger partial charge in [0.25, 0.3) is 5.91 Å². The number of piperazine rings is 1. The van der Waals surface area contributed by atoms with Gasteiger partial charge in [-0.25, -0.2) is 0 Å². The van der Waals surface area contributed by atoms with Gasteiger partial charge in [-0.2, -0.15) is 5.26 Å². The lowest BCUT2D eigenvalue weighted by Gasteiger charge is -2.39. The van der Waals surface area contributed by atoms with Crippen LogP contribution in [0.25, 0.3) is 0 Å². The van der Waals surface area contributed by atoms with Gasteiger partial charge in [-0.15, -0.1) is 0 Å². The van der Waals surface area contributed by atoms with Gasteiger partial charge >= 0.3 is 0 Å². The second-order valence-electron chi connectivity index (χ2n) is 7.51. The molecule has 7 nitrogen and oxygen atoms in total. The number of rotatable bonds is 10. The fourth-order valence-electron chi connectivity index (χ4n) is 3.85. The van der Waals surface area contributed by atoms with Crippen molar-refractivity contribution in [3.8, 4) is 6.07 Å². The van der Waals surface area contributed by atoms with Gasteiger partial charge in [0.05, 0.1) is 25.9 Å². The van der Waals surface area contributed by atoms with Crippen LogP contribution in [0.5, 0.6) is 0 Å². The SMILES string of the molecule is N#C/C(=C/NCCOCCO)C(=O)N1CCN(C(c2ccccc2)c2ccccc2)CC1. The van der Waals surface area contributed by atoms with Crippen molar-refractivity contribution in [2.24, 2.45) is 0 Å². The molecule has 1 amide bonds. The Kier molecular flexibility index (Phi) is 9.26. The minimum atomic E-state index is -0.258. The number of benzene rings is 2. The molecule has 1 aliphatic rings. The molecule has 2 aromatic carbocycles. The van der Waals surface area contributed by atoms with Gasteiger partial charge in [-0.3, -0.25) is 9.69 Å². The number of nitrogens with zero attached hydrogens (tertiary/aromatic N) is 3. The van der Waals surface area contributed by atoms with Crippen LogP contribution in [0, 0.1) is 11.3 Å². The molecule has 1 fully saturated rings. The zero-order valence-corrected chi connectivity index (χ0v) is 18.2. The van der Waals surface area contributed by atoms with Crippen molar-refractivity contribution in [1.82, 2.24) is 15.1 Å². The van der Waals surface area contributed by atoms with Crippen LogP contribution in [0.15, 0.2) is 72.4 Å². The first kappa shape index (κ1) is 23.5. The lowest BCUT2D eigenvalue weighted by atomic mass is 9.96. The number of nitriles is 1. The van der Waals surface area contributed by atoms with Crippen molar-refractivity contribution >= 4 is 5.91 Å². The smallest absolute Gasteiger partial charge is 0.266 e. The maximum Gasteiger partial charge on any atom is 0.266 e. The fourth-order valence-corrected chi connectivity index (χ4v) is 3.85. The average Bonchev–Trinajstić information content (AvgIpc) is 2.85. The Hall–Kier alpha value is -3.18. The second kappa shape index (κ2) is 12.6. The van der Waals surface area contributed by atoms with E-state index in [0.29, 0.717) is 26.2 Å². The number of ether oxygens (including phenoxy) is 1. The predicted molar refractivity (Wildman–Crippen MR) is 122 cm³/mol. The normalized spacial score (nSPS) is 14.9. The van der Waals surface area contributed by atoms with Crippen molar-refractivity contribution in [3.05, 3.63) is 83.6 Å². The van der Waals surface area contributed by atoms with E-state index in [1.54, 1.807) is 4.90 Å². The molecule has 168 valence electrons. The van der Waals surface area contributed by atoms with Gasteiger partial charge in [-0.1, -0.05) is 60.7 Å². The number of nitrogens with one attached hydrogen (secondary N) is 1. The summed E-state index contributed by atoms with van der Waals surface area (Å²) in [4.78, 5) is 17.0. The zero-order chi connectivity index (χ0) is 22.6. The zero-order valence-electron chi connectivity index (χ0n) is 18.2. The van der Waals surface area contributed by atoms with Crippen LogP contribution in [0.3, 0.4) is 0 Å². The summed E-state index contributed by atoms with van der Waals surface area (Å²) in [5.41, 5.74) is 2.54. The third-order valence-electron chi connectivity index (χ3n) is 5.42. The van der Waals surface area contributed by atoms with Gasteiger partial charge in [-0.05, 0) is 11.1 Å². The highest BCUT2D eigenvalue weighted by Crippen LogP contribution is 2.29. The number of aliphatic hydroxyl groups excluding tert-OH is 1. The topological polar surface area (TPSA) is 88.8 Å². The van der Waals surface area contributed by atoms with E-state index in [1.807, 2.05) is 18.2 Å². The van der Waals surface area contributed by atoms with Gasteiger partial charge < -0.3 is 20.1 Å². The van der Waals surface area contributed by atoms with Crippen molar-refractivity contribution in [1.29, 1.82) is 5.26 Å². The highest BCUT2D eigenvalue weighted by molar-refractivity contribution is 5.97. The molecule has 0 aliphatic carbocycles. The summed E-state index contributed by atoms with van der Waals surface area (Å²) in [6.07, 6.45) is 1.45. The summed E-state index contributed by atoms with van der Waals surface area (Å²) in [5.74, 6) is -0.258. The monoisotopic (exact) mass is 434 g/mol. The van der Waals surface area contributed by atoms with Crippen molar-refractivity contribution in [2.45, 2.75) is 6.04 Å². The first-order valence-corrected chi connectivity index (χ1v) is 10.9. The van der Waals surface area contributed by atoms with Crippen molar-refractivity contribution in [2.75, 3.05) is 52.5 Å². The molecule has 1 saturated heterocycles. The quantitative estimate of drug-likeness (QED) is 0.338. The van der Waals surface area contributed by atoms with E-state index >= 15 is 0 Å². The Morgan fingerprint density at radius 1 is 1.03 bits per heavy atom. The third kappa shape index (κ3) is 6.41. The van der Waals surface area contributed by atoms with E-state index in [2.05, 4.69) is 58.7 Å². The maximum absolute atomic E-state index is 12.8. The predicted octanol–water partition coefficient (Wildman–Crippen LogP) is 1.93. The lowest BCUT2D eigenvalue weighted by molar-refractivity contribution is -0.128. The second-order valence-corrected chi connectivity index (χ2v) is 7.51. The molecule has 0 spiro atoms. The van der Waals surface area contributed by atoms with Crippen LogP contribution in [-0.4, -0.2) is 73.4 Å². The van der Waals surface area contributed by atoms with Gasteiger partial charge in [0.1, 0.15) is 11.6 Å². The summed E-state index contributed by atoms with van der Waals surface area (Å²) in [7, 11) is 0. The van der Waals surface area contributed by atoms with Crippen LogP contribution in [-0.2, 0) is 9.53 Å². The number of carbonyl (C=O) groups excluding carboxylic acids is 1. The van der Waals surface area contributed by atoms with E-state index in [4.69, 9.17) is 9.84 Å². The van der Waals surface area contributed by atoms with E-state index < -0.39 is 0 Å². The molecule has 0 unspecified atom stereocenters. The number of amides is 1. The first-order valence-electron chi connectivity index (χ1n) is 10.9. The number of hydrogen-bond donors (Lipinski definition) is 2. The van der Waals surface area contributed by atoms with Gasteiger partial charge in [0, 0.05) is 38.9 Å². The minimum absolute atomic E-state index is 0.0286. The Bertz CT molecular complexity index is 864. The van der Waals surface area contributed by atoms with Gasteiger partial charge in [0.15, 0.2) is 0 Å².